The summed E-state index contributed by atoms with van der Waals surface area (Å²) in [5, 5.41) is 0.983. The fraction of sp³-hybridized carbons (Fsp3) is 0.526. The number of nitrogens with zero attached hydrogens (tertiary/aromatic N) is 2. The first kappa shape index (κ1) is 18.3. The minimum atomic E-state index is -2.88. The first-order chi connectivity index (χ1) is 12.9. The number of carbonyl (C=O) groups excluding carboxylic acids is 1. The van der Waals surface area contributed by atoms with Crippen LogP contribution in [0.4, 0.5) is 0 Å². The number of amides is 1. The Labute approximate surface area is 159 Å². The number of sulfone groups is 1. The maximum atomic E-state index is 12.9. The molecule has 2 aliphatic heterocycles. The quantitative estimate of drug-likeness (QED) is 0.854. The van der Waals surface area contributed by atoms with E-state index in [0.717, 1.165) is 29.7 Å². The fourth-order valence-electron chi connectivity index (χ4n) is 4.00. The summed E-state index contributed by atoms with van der Waals surface area (Å²) >= 11 is 0. The number of carbonyl (C=O) groups is 1. The summed E-state index contributed by atoms with van der Waals surface area (Å²) in [6.45, 7) is 5.23. The topological polar surface area (TPSA) is 82.7 Å². The lowest BCUT2D eigenvalue weighted by Gasteiger charge is -2.37. The first-order valence-corrected chi connectivity index (χ1v) is 11.3. The second-order valence-corrected chi connectivity index (χ2v) is 9.48. The summed E-state index contributed by atoms with van der Waals surface area (Å²) in [6.07, 6.45) is 0.709. The third-order valence-corrected chi connectivity index (χ3v) is 7.21. The molecule has 2 aliphatic rings. The van der Waals surface area contributed by atoms with Crippen molar-refractivity contribution >= 4 is 26.6 Å². The molecule has 2 fully saturated rings. The van der Waals surface area contributed by atoms with Gasteiger partial charge in [-0.1, -0.05) is 0 Å². The number of aromatic nitrogens is 1. The van der Waals surface area contributed by atoms with E-state index in [1.54, 1.807) is 0 Å². The molecule has 2 saturated heterocycles. The number of hydrogen-bond donors (Lipinski definition) is 1. The van der Waals surface area contributed by atoms with Crippen molar-refractivity contribution < 1.29 is 17.9 Å². The van der Waals surface area contributed by atoms with Crippen LogP contribution >= 0.6 is 0 Å². The molecule has 0 aliphatic carbocycles. The number of benzene rings is 1. The number of H-pyrrole nitrogens is 1. The summed E-state index contributed by atoms with van der Waals surface area (Å²) in [5.74, 6) is 1.31. The van der Waals surface area contributed by atoms with Gasteiger partial charge < -0.3 is 14.6 Å². The number of fused-ring (bicyclic) bond motifs is 1. The maximum Gasteiger partial charge on any atom is 0.270 e. The lowest BCUT2D eigenvalue weighted by molar-refractivity contribution is 0.0583. The Bertz CT molecular complexity index is 945. The van der Waals surface area contributed by atoms with E-state index in [1.807, 2.05) is 36.1 Å². The van der Waals surface area contributed by atoms with Gasteiger partial charge in [0, 0.05) is 49.2 Å². The molecule has 0 radical (unpaired) electrons. The molecule has 1 amide bonds. The minimum Gasteiger partial charge on any atom is -0.494 e. The lowest BCUT2D eigenvalue weighted by atomic mass is 10.2. The highest BCUT2D eigenvalue weighted by Crippen LogP contribution is 2.23. The van der Waals surface area contributed by atoms with E-state index >= 15 is 0 Å². The van der Waals surface area contributed by atoms with Crippen LogP contribution in [0.1, 0.15) is 23.8 Å². The zero-order valence-electron chi connectivity index (χ0n) is 15.5. The number of nitrogens with one attached hydrogen (secondary N) is 1. The van der Waals surface area contributed by atoms with Crippen molar-refractivity contribution in [3.05, 3.63) is 30.0 Å². The van der Waals surface area contributed by atoms with Gasteiger partial charge in [0.2, 0.25) is 0 Å². The van der Waals surface area contributed by atoms with Crippen LogP contribution in [0.2, 0.25) is 0 Å². The number of hydrogen-bond acceptors (Lipinski definition) is 5. The monoisotopic (exact) mass is 391 g/mol. The van der Waals surface area contributed by atoms with E-state index in [-0.39, 0.29) is 23.5 Å². The van der Waals surface area contributed by atoms with Crippen molar-refractivity contribution in [2.45, 2.75) is 19.4 Å². The molecule has 146 valence electrons. The molecule has 1 aromatic carbocycles. The van der Waals surface area contributed by atoms with Gasteiger partial charge >= 0.3 is 0 Å². The van der Waals surface area contributed by atoms with E-state index in [2.05, 4.69) is 9.88 Å². The summed E-state index contributed by atoms with van der Waals surface area (Å²) in [4.78, 5) is 20.1. The van der Waals surface area contributed by atoms with Gasteiger partial charge in [-0.2, -0.15) is 0 Å². The highest BCUT2D eigenvalue weighted by Gasteiger charge is 2.34. The van der Waals surface area contributed by atoms with Crippen LogP contribution in [0.15, 0.2) is 24.3 Å². The summed E-state index contributed by atoms with van der Waals surface area (Å²) in [5.41, 5.74) is 1.47. The average Bonchev–Trinajstić information content (AvgIpc) is 3.24. The molecule has 8 heteroatoms. The van der Waals surface area contributed by atoms with Crippen LogP contribution in [0.5, 0.6) is 5.75 Å². The van der Waals surface area contributed by atoms with Gasteiger partial charge in [-0.3, -0.25) is 9.69 Å². The summed E-state index contributed by atoms with van der Waals surface area (Å²) in [7, 11) is -2.88. The van der Waals surface area contributed by atoms with E-state index in [4.69, 9.17) is 4.74 Å². The second kappa shape index (κ2) is 7.16. The predicted octanol–water partition coefficient (Wildman–Crippen LogP) is 1.51. The van der Waals surface area contributed by atoms with Crippen molar-refractivity contribution in [1.29, 1.82) is 0 Å². The predicted molar refractivity (Wildman–Crippen MR) is 104 cm³/mol. The molecular formula is C19H25N3O4S. The largest absolute Gasteiger partial charge is 0.494 e. The molecule has 27 heavy (non-hydrogen) atoms. The first-order valence-electron chi connectivity index (χ1n) is 9.44. The van der Waals surface area contributed by atoms with E-state index in [0.29, 0.717) is 31.8 Å². The molecule has 0 saturated carbocycles. The molecule has 0 bridgehead atoms. The van der Waals surface area contributed by atoms with Crippen LogP contribution in [-0.4, -0.2) is 79.4 Å². The van der Waals surface area contributed by atoms with Gasteiger partial charge in [-0.15, -0.1) is 0 Å². The summed E-state index contributed by atoms with van der Waals surface area (Å²) in [6, 6.07) is 7.75. The summed E-state index contributed by atoms with van der Waals surface area (Å²) < 4.78 is 28.9. The zero-order valence-corrected chi connectivity index (χ0v) is 16.3. The van der Waals surface area contributed by atoms with Gasteiger partial charge in [0.25, 0.3) is 5.91 Å². The molecular weight excluding hydrogens is 366 g/mol. The standard InChI is InChI=1S/C19H25N3O4S/c1-2-26-16-4-3-14-11-18(20-17(14)12-16)19(23)22-8-6-21(7-9-22)15-5-10-27(24,25)13-15/h3-4,11-12,15,20H,2,5-10,13H2,1H3. The van der Waals surface area contributed by atoms with Gasteiger partial charge in [0.1, 0.15) is 11.4 Å². The Morgan fingerprint density at radius 2 is 2.00 bits per heavy atom. The third-order valence-electron chi connectivity index (χ3n) is 5.46. The molecule has 7 nitrogen and oxygen atoms in total. The van der Waals surface area contributed by atoms with Crippen molar-refractivity contribution in [1.82, 2.24) is 14.8 Å². The van der Waals surface area contributed by atoms with E-state index in [9.17, 15) is 13.2 Å². The Balaban J connectivity index is 1.41. The van der Waals surface area contributed by atoms with E-state index < -0.39 is 9.84 Å². The van der Waals surface area contributed by atoms with Crippen molar-refractivity contribution in [3.8, 4) is 5.75 Å². The maximum absolute atomic E-state index is 12.9. The Morgan fingerprint density at radius 1 is 1.22 bits per heavy atom. The Hall–Kier alpha value is -2.06. The molecule has 1 unspecified atom stereocenters. The van der Waals surface area contributed by atoms with Gasteiger partial charge in [0.15, 0.2) is 9.84 Å². The highest BCUT2D eigenvalue weighted by molar-refractivity contribution is 7.91. The van der Waals surface area contributed by atoms with Crippen LogP contribution in [-0.2, 0) is 9.84 Å². The average molecular weight is 391 g/mol. The lowest BCUT2D eigenvalue weighted by Crippen LogP contribution is -2.52. The molecule has 1 N–H and O–H groups in total. The molecule has 2 aromatic rings. The Kier molecular flexibility index (Phi) is 4.86. The second-order valence-electron chi connectivity index (χ2n) is 7.25. The van der Waals surface area contributed by atoms with Crippen LogP contribution in [0.25, 0.3) is 10.9 Å². The number of aromatic amines is 1. The van der Waals surface area contributed by atoms with Gasteiger partial charge in [0.05, 0.1) is 18.1 Å². The Morgan fingerprint density at radius 3 is 2.67 bits per heavy atom. The minimum absolute atomic E-state index is 0.0112. The fourth-order valence-corrected chi connectivity index (χ4v) is 5.76. The van der Waals surface area contributed by atoms with Gasteiger partial charge in [-0.05, 0) is 31.5 Å². The molecule has 4 rings (SSSR count). The molecule has 3 heterocycles. The molecule has 1 atom stereocenters. The SMILES string of the molecule is CCOc1ccc2cc(C(=O)N3CCN(C4CCS(=O)(=O)C4)CC3)[nH]c2c1. The molecule has 0 spiro atoms. The van der Waals surface area contributed by atoms with E-state index in [1.165, 1.54) is 0 Å². The highest BCUT2D eigenvalue weighted by atomic mass is 32.2. The van der Waals surface area contributed by atoms with Crippen molar-refractivity contribution in [2.75, 3.05) is 44.3 Å². The van der Waals surface area contributed by atoms with Gasteiger partial charge in [-0.25, -0.2) is 8.42 Å². The van der Waals surface area contributed by atoms with Crippen LogP contribution in [0, 0.1) is 0 Å². The molecule has 1 aromatic heterocycles. The number of rotatable bonds is 4. The normalized spacial score (nSPS) is 23.0. The van der Waals surface area contributed by atoms with Crippen LogP contribution < -0.4 is 4.74 Å². The smallest absolute Gasteiger partial charge is 0.270 e. The number of ether oxygens (including phenoxy) is 1. The van der Waals surface area contributed by atoms with Crippen molar-refractivity contribution in [2.24, 2.45) is 0 Å². The zero-order chi connectivity index (χ0) is 19.0. The third kappa shape index (κ3) is 3.82. The van der Waals surface area contributed by atoms with Crippen LogP contribution in [0.3, 0.4) is 0 Å². The van der Waals surface area contributed by atoms with Crippen molar-refractivity contribution in [3.63, 3.8) is 0 Å². The number of piperazine rings is 1.